The summed E-state index contributed by atoms with van der Waals surface area (Å²) in [5, 5.41) is 6.92. The molecule has 1 rings (SSSR count). The van der Waals surface area contributed by atoms with Crippen LogP contribution < -0.4 is 10.6 Å². The second-order valence-electron chi connectivity index (χ2n) is 4.19. The predicted octanol–water partition coefficient (Wildman–Crippen LogP) is 1.52. The number of rotatable bonds is 7. The minimum Gasteiger partial charge on any atom is -0.370 e. The van der Waals surface area contributed by atoms with Crippen LogP contribution in [-0.4, -0.2) is 54.2 Å². The molecule has 0 saturated heterocycles. The Morgan fingerprint density at radius 2 is 1.95 bits per heavy atom. The first-order valence-corrected chi connectivity index (χ1v) is 7.40. The van der Waals surface area contributed by atoms with Gasteiger partial charge < -0.3 is 15.5 Å². The highest BCUT2D eigenvalue weighted by atomic mass is 32.2. The maximum Gasteiger partial charge on any atom is 0.241 e. The third kappa shape index (κ3) is 5.34. The molecule has 1 aromatic rings. The Morgan fingerprint density at radius 3 is 2.47 bits per heavy atom. The van der Waals surface area contributed by atoms with E-state index in [0.29, 0.717) is 11.0 Å². The maximum absolute atomic E-state index is 11.5. The molecule has 19 heavy (non-hydrogen) atoms. The third-order valence-corrected chi connectivity index (χ3v) is 2.91. The van der Waals surface area contributed by atoms with Gasteiger partial charge in [-0.2, -0.15) is 0 Å². The first kappa shape index (κ1) is 15.6. The van der Waals surface area contributed by atoms with Gasteiger partial charge in [-0.1, -0.05) is 18.7 Å². The van der Waals surface area contributed by atoms with Crippen LogP contribution in [0, 0.1) is 0 Å². The van der Waals surface area contributed by atoms with Crippen LogP contribution in [0.4, 0.5) is 11.6 Å². The van der Waals surface area contributed by atoms with E-state index in [4.69, 9.17) is 0 Å². The summed E-state index contributed by atoms with van der Waals surface area (Å²) < 4.78 is 0. The van der Waals surface area contributed by atoms with E-state index in [9.17, 15) is 4.79 Å². The van der Waals surface area contributed by atoms with E-state index in [1.165, 1.54) is 11.8 Å². The maximum atomic E-state index is 11.5. The molecule has 0 fully saturated rings. The highest BCUT2D eigenvalue weighted by molar-refractivity contribution is 7.98. The molecule has 0 aliphatic carbocycles. The van der Waals surface area contributed by atoms with Crippen molar-refractivity contribution in [1.82, 2.24) is 14.9 Å². The van der Waals surface area contributed by atoms with E-state index in [0.717, 1.165) is 18.8 Å². The molecule has 0 unspecified atom stereocenters. The fraction of sp³-hybridized carbons (Fsp3) is 0.583. The van der Waals surface area contributed by atoms with Gasteiger partial charge in [-0.3, -0.25) is 4.79 Å². The molecule has 0 aromatic carbocycles. The van der Waals surface area contributed by atoms with Crippen LogP contribution in [0.5, 0.6) is 0 Å². The highest BCUT2D eigenvalue weighted by Crippen LogP contribution is 2.17. The number of amides is 1. The minimum atomic E-state index is 0.00683. The predicted molar refractivity (Wildman–Crippen MR) is 79.8 cm³/mol. The Kier molecular flexibility index (Phi) is 6.41. The van der Waals surface area contributed by atoms with Gasteiger partial charge >= 0.3 is 0 Å². The van der Waals surface area contributed by atoms with Crippen molar-refractivity contribution >= 4 is 29.3 Å². The van der Waals surface area contributed by atoms with Gasteiger partial charge in [0.1, 0.15) is 11.6 Å². The molecule has 0 saturated carbocycles. The quantitative estimate of drug-likeness (QED) is 0.584. The van der Waals surface area contributed by atoms with Gasteiger partial charge in [0, 0.05) is 26.7 Å². The van der Waals surface area contributed by atoms with Gasteiger partial charge in [0.25, 0.3) is 0 Å². The molecular weight excluding hydrogens is 262 g/mol. The number of likely N-dealkylation sites (N-methyl/N-ethyl adjacent to an activating group) is 1. The number of carbonyl (C=O) groups is 1. The van der Waals surface area contributed by atoms with Gasteiger partial charge in [0.05, 0.1) is 6.54 Å². The molecule has 1 heterocycles. The lowest BCUT2D eigenvalue weighted by molar-refractivity contribution is -0.126. The van der Waals surface area contributed by atoms with Crippen LogP contribution >= 0.6 is 11.8 Å². The summed E-state index contributed by atoms with van der Waals surface area (Å²) >= 11 is 1.47. The van der Waals surface area contributed by atoms with Crippen molar-refractivity contribution in [2.24, 2.45) is 0 Å². The molecule has 0 aliphatic rings. The molecule has 6 nitrogen and oxygen atoms in total. The van der Waals surface area contributed by atoms with E-state index in [1.807, 2.05) is 12.3 Å². The monoisotopic (exact) mass is 283 g/mol. The summed E-state index contributed by atoms with van der Waals surface area (Å²) in [5.74, 6) is 1.45. The summed E-state index contributed by atoms with van der Waals surface area (Å²) in [6, 6.07) is 1.82. The molecule has 1 aromatic heterocycles. The van der Waals surface area contributed by atoms with Gasteiger partial charge in [-0.05, 0) is 12.7 Å². The molecule has 1 amide bonds. The fourth-order valence-electron chi connectivity index (χ4n) is 1.27. The molecule has 0 atom stereocenters. The van der Waals surface area contributed by atoms with Crippen LogP contribution in [0.3, 0.4) is 0 Å². The smallest absolute Gasteiger partial charge is 0.241 e. The normalized spacial score (nSPS) is 10.1. The zero-order valence-electron chi connectivity index (χ0n) is 11.9. The largest absolute Gasteiger partial charge is 0.370 e. The first-order valence-electron chi connectivity index (χ1n) is 6.17. The molecule has 0 spiro atoms. The van der Waals surface area contributed by atoms with E-state index < -0.39 is 0 Å². The van der Waals surface area contributed by atoms with Crippen molar-refractivity contribution in [3.63, 3.8) is 0 Å². The summed E-state index contributed by atoms with van der Waals surface area (Å²) in [6.45, 7) is 3.19. The lowest BCUT2D eigenvalue weighted by Crippen LogP contribution is -2.28. The van der Waals surface area contributed by atoms with Crippen LogP contribution in [0.25, 0.3) is 0 Å². The number of thioether (sulfide) groups is 1. The van der Waals surface area contributed by atoms with Crippen molar-refractivity contribution in [3.05, 3.63) is 6.07 Å². The highest BCUT2D eigenvalue weighted by Gasteiger charge is 2.07. The van der Waals surface area contributed by atoms with Crippen LogP contribution in [0.2, 0.25) is 0 Å². The SMILES string of the molecule is CCCNc1cc(NCC(=O)N(C)C)nc(SC)n1. The number of hydrogen-bond donors (Lipinski definition) is 2. The van der Waals surface area contributed by atoms with Gasteiger partial charge in [-0.25, -0.2) is 9.97 Å². The molecular formula is C12H21N5OS. The second-order valence-corrected chi connectivity index (χ2v) is 4.97. The molecule has 0 aliphatic heterocycles. The average molecular weight is 283 g/mol. The Morgan fingerprint density at radius 1 is 1.32 bits per heavy atom. The van der Waals surface area contributed by atoms with Crippen molar-refractivity contribution in [2.45, 2.75) is 18.5 Å². The van der Waals surface area contributed by atoms with Gasteiger partial charge in [0.15, 0.2) is 5.16 Å². The van der Waals surface area contributed by atoms with Crippen molar-refractivity contribution < 1.29 is 4.79 Å². The Bertz CT molecular complexity index is 425. The summed E-state index contributed by atoms with van der Waals surface area (Å²) in [7, 11) is 3.46. The van der Waals surface area contributed by atoms with Gasteiger partial charge in [-0.15, -0.1) is 0 Å². The van der Waals surface area contributed by atoms with E-state index in [-0.39, 0.29) is 12.5 Å². The lowest BCUT2D eigenvalue weighted by Gasteiger charge is -2.12. The molecule has 2 N–H and O–H groups in total. The van der Waals surface area contributed by atoms with E-state index >= 15 is 0 Å². The number of nitrogens with zero attached hydrogens (tertiary/aromatic N) is 3. The fourth-order valence-corrected chi connectivity index (χ4v) is 1.65. The lowest BCUT2D eigenvalue weighted by atomic mass is 10.4. The van der Waals surface area contributed by atoms with Crippen LogP contribution in [0.1, 0.15) is 13.3 Å². The minimum absolute atomic E-state index is 0.00683. The molecule has 106 valence electrons. The zero-order chi connectivity index (χ0) is 14.3. The van der Waals surface area contributed by atoms with Crippen molar-refractivity contribution in [3.8, 4) is 0 Å². The van der Waals surface area contributed by atoms with Crippen LogP contribution in [0.15, 0.2) is 11.2 Å². The average Bonchev–Trinajstić information content (AvgIpc) is 2.42. The van der Waals surface area contributed by atoms with Crippen molar-refractivity contribution in [1.29, 1.82) is 0 Å². The molecule has 0 radical (unpaired) electrons. The van der Waals surface area contributed by atoms with Crippen LogP contribution in [-0.2, 0) is 4.79 Å². The topological polar surface area (TPSA) is 70.2 Å². The third-order valence-electron chi connectivity index (χ3n) is 2.36. The number of carbonyl (C=O) groups excluding carboxylic acids is 1. The Labute approximate surface area is 118 Å². The zero-order valence-corrected chi connectivity index (χ0v) is 12.7. The number of nitrogens with one attached hydrogen (secondary N) is 2. The first-order chi connectivity index (χ1) is 9.06. The Balaban J connectivity index is 2.73. The number of hydrogen-bond acceptors (Lipinski definition) is 6. The summed E-state index contributed by atoms with van der Waals surface area (Å²) in [6.07, 6.45) is 2.95. The second kappa shape index (κ2) is 7.83. The summed E-state index contributed by atoms with van der Waals surface area (Å²) in [4.78, 5) is 21.7. The number of aromatic nitrogens is 2. The van der Waals surface area contributed by atoms with Crippen molar-refractivity contribution in [2.75, 3.05) is 44.1 Å². The van der Waals surface area contributed by atoms with E-state index in [2.05, 4.69) is 27.5 Å². The number of anilines is 2. The van der Waals surface area contributed by atoms with E-state index in [1.54, 1.807) is 19.0 Å². The molecule has 0 bridgehead atoms. The summed E-state index contributed by atoms with van der Waals surface area (Å²) in [5.41, 5.74) is 0. The molecule has 7 heteroatoms. The standard InChI is InChI=1S/C12H21N5OS/c1-5-6-13-9-7-10(16-12(15-9)19-4)14-8-11(18)17(2)3/h7H,5-6,8H2,1-4H3,(H2,13,14,15,16). The Hall–Kier alpha value is -1.50. The van der Waals surface area contributed by atoms with Gasteiger partial charge in [0.2, 0.25) is 5.91 Å².